The molecule has 0 aliphatic carbocycles. The standard InChI is InChI=1S/C31H28N4O3S/c1-19(2)35-14-13-26-24(16-35)29(23-9-5-6-10-25(23)32-26)30(37)38-17-28(36)34-31-33-27(18-39-31)22-12-11-20-7-3-4-8-21(20)15-22/h3-12,15,18-19H,13-14,16-17H2,1-2H3,(H,33,34,36). The molecular weight excluding hydrogens is 508 g/mol. The van der Waals surface area contributed by atoms with Gasteiger partial charge in [-0.1, -0.05) is 54.6 Å². The third kappa shape index (κ3) is 5.13. The van der Waals surface area contributed by atoms with E-state index in [9.17, 15) is 9.59 Å². The summed E-state index contributed by atoms with van der Waals surface area (Å²) < 4.78 is 5.55. The maximum atomic E-state index is 13.4. The Labute approximate surface area is 230 Å². The average Bonchev–Trinajstić information content (AvgIpc) is 3.42. The maximum absolute atomic E-state index is 13.4. The molecule has 0 saturated carbocycles. The molecule has 0 radical (unpaired) electrons. The summed E-state index contributed by atoms with van der Waals surface area (Å²) in [4.78, 5) is 37.8. The number of thiazole rings is 1. The normalized spacial score (nSPS) is 13.5. The molecular formula is C31H28N4O3S. The Bertz CT molecular complexity index is 1710. The fourth-order valence-electron chi connectivity index (χ4n) is 5.06. The predicted molar refractivity (Wildman–Crippen MR) is 155 cm³/mol. The van der Waals surface area contributed by atoms with Crippen LogP contribution in [0.4, 0.5) is 5.13 Å². The number of amides is 1. The molecule has 0 unspecified atom stereocenters. The number of anilines is 1. The summed E-state index contributed by atoms with van der Waals surface area (Å²) in [5.74, 6) is -0.944. The third-order valence-electron chi connectivity index (χ3n) is 7.14. The van der Waals surface area contributed by atoms with E-state index in [-0.39, 0.29) is 0 Å². The lowest BCUT2D eigenvalue weighted by Gasteiger charge is -2.32. The summed E-state index contributed by atoms with van der Waals surface area (Å²) in [5, 5.41) is 8.16. The summed E-state index contributed by atoms with van der Waals surface area (Å²) in [6.45, 7) is 5.40. The number of nitrogens with zero attached hydrogens (tertiary/aromatic N) is 3. The molecule has 2 aromatic heterocycles. The van der Waals surface area contributed by atoms with Gasteiger partial charge in [0.15, 0.2) is 11.7 Å². The number of rotatable bonds is 6. The molecule has 0 fully saturated rings. The van der Waals surface area contributed by atoms with Gasteiger partial charge in [0.05, 0.1) is 16.8 Å². The van der Waals surface area contributed by atoms with Crippen molar-refractivity contribution in [1.82, 2.24) is 14.9 Å². The highest BCUT2D eigenvalue weighted by Gasteiger charge is 2.28. The number of hydrogen-bond donors (Lipinski definition) is 1. The third-order valence-corrected chi connectivity index (χ3v) is 7.90. The number of benzene rings is 3. The lowest BCUT2D eigenvalue weighted by molar-refractivity contribution is -0.119. The second-order valence-electron chi connectivity index (χ2n) is 9.97. The molecule has 1 aliphatic rings. The number of ether oxygens (including phenoxy) is 1. The van der Waals surface area contributed by atoms with E-state index in [2.05, 4.69) is 53.3 Å². The Balaban J connectivity index is 1.17. The molecule has 7 nitrogen and oxygen atoms in total. The molecule has 5 aromatic rings. The summed E-state index contributed by atoms with van der Waals surface area (Å²) >= 11 is 1.33. The average molecular weight is 537 g/mol. The van der Waals surface area contributed by atoms with Crippen molar-refractivity contribution in [2.45, 2.75) is 32.9 Å². The van der Waals surface area contributed by atoms with Crippen LogP contribution in [0.3, 0.4) is 0 Å². The van der Waals surface area contributed by atoms with Crippen LogP contribution in [0.2, 0.25) is 0 Å². The zero-order valence-electron chi connectivity index (χ0n) is 21.8. The van der Waals surface area contributed by atoms with E-state index in [1.54, 1.807) is 0 Å². The first-order valence-corrected chi connectivity index (χ1v) is 13.9. The van der Waals surface area contributed by atoms with Crippen molar-refractivity contribution in [3.8, 4) is 11.3 Å². The molecule has 6 rings (SSSR count). The van der Waals surface area contributed by atoms with Crippen LogP contribution in [0.15, 0.2) is 72.1 Å². The summed E-state index contributed by atoms with van der Waals surface area (Å²) in [5.41, 5.74) is 4.82. The van der Waals surface area contributed by atoms with Gasteiger partial charge in [-0.2, -0.15) is 0 Å². The van der Waals surface area contributed by atoms with Gasteiger partial charge in [0.1, 0.15) is 0 Å². The smallest absolute Gasteiger partial charge is 0.339 e. The van der Waals surface area contributed by atoms with Gasteiger partial charge < -0.3 is 4.74 Å². The Morgan fingerprint density at radius 3 is 2.67 bits per heavy atom. The van der Waals surface area contributed by atoms with E-state index in [0.29, 0.717) is 23.3 Å². The Morgan fingerprint density at radius 2 is 1.82 bits per heavy atom. The number of aromatic nitrogens is 2. The minimum absolute atomic E-state index is 0.345. The maximum Gasteiger partial charge on any atom is 0.339 e. The molecule has 8 heteroatoms. The van der Waals surface area contributed by atoms with Crippen LogP contribution in [-0.2, 0) is 22.5 Å². The zero-order chi connectivity index (χ0) is 26.9. The Kier molecular flexibility index (Phi) is 6.81. The number of carbonyl (C=O) groups excluding carboxylic acids is 2. The van der Waals surface area contributed by atoms with E-state index in [0.717, 1.165) is 57.2 Å². The summed E-state index contributed by atoms with van der Waals surface area (Å²) in [6.07, 6.45) is 0.767. The number of pyridine rings is 1. The highest BCUT2D eigenvalue weighted by molar-refractivity contribution is 7.14. The van der Waals surface area contributed by atoms with E-state index in [4.69, 9.17) is 9.72 Å². The number of esters is 1. The molecule has 0 saturated heterocycles. The first kappa shape index (κ1) is 25.2. The minimum atomic E-state index is -0.512. The van der Waals surface area contributed by atoms with Gasteiger partial charge in [-0.05, 0) is 36.8 Å². The van der Waals surface area contributed by atoms with Crippen LogP contribution in [0.1, 0.15) is 35.5 Å². The number of para-hydroxylation sites is 1. The molecule has 39 heavy (non-hydrogen) atoms. The van der Waals surface area contributed by atoms with Gasteiger partial charge in [-0.3, -0.25) is 20.0 Å². The van der Waals surface area contributed by atoms with Crippen molar-refractivity contribution in [1.29, 1.82) is 0 Å². The second kappa shape index (κ2) is 10.6. The van der Waals surface area contributed by atoms with Crippen molar-refractivity contribution in [2.24, 2.45) is 0 Å². The van der Waals surface area contributed by atoms with E-state index < -0.39 is 18.5 Å². The number of hydrogen-bond acceptors (Lipinski definition) is 7. The molecule has 1 N–H and O–H groups in total. The van der Waals surface area contributed by atoms with Gasteiger partial charge in [0.2, 0.25) is 0 Å². The van der Waals surface area contributed by atoms with Gasteiger partial charge in [0, 0.05) is 53.1 Å². The fourth-order valence-corrected chi connectivity index (χ4v) is 5.79. The summed E-state index contributed by atoms with van der Waals surface area (Å²) in [7, 11) is 0. The Hall–Kier alpha value is -4.14. The minimum Gasteiger partial charge on any atom is -0.452 e. The summed E-state index contributed by atoms with van der Waals surface area (Å²) in [6, 6.07) is 22.2. The molecule has 0 spiro atoms. The van der Waals surface area contributed by atoms with Crippen LogP contribution in [0, 0.1) is 0 Å². The van der Waals surface area contributed by atoms with Crippen molar-refractivity contribution >= 4 is 50.0 Å². The number of fused-ring (bicyclic) bond motifs is 3. The Morgan fingerprint density at radius 1 is 1.03 bits per heavy atom. The quantitative estimate of drug-likeness (QED) is 0.265. The van der Waals surface area contributed by atoms with Gasteiger partial charge in [-0.25, -0.2) is 9.78 Å². The highest BCUT2D eigenvalue weighted by atomic mass is 32.1. The lowest BCUT2D eigenvalue weighted by atomic mass is 9.95. The van der Waals surface area contributed by atoms with Crippen LogP contribution in [0.25, 0.3) is 32.9 Å². The van der Waals surface area contributed by atoms with E-state index in [1.807, 2.05) is 47.8 Å². The SMILES string of the molecule is CC(C)N1CCc2nc3ccccc3c(C(=O)OCC(=O)Nc3nc(-c4ccc5ccccc5c4)cs3)c2C1. The first-order valence-electron chi connectivity index (χ1n) is 13.0. The van der Waals surface area contributed by atoms with E-state index in [1.165, 1.54) is 11.3 Å². The lowest BCUT2D eigenvalue weighted by Crippen LogP contribution is -2.37. The van der Waals surface area contributed by atoms with Crippen molar-refractivity contribution in [3.05, 3.63) is 88.9 Å². The molecule has 196 valence electrons. The van der Waals surface area contributed by atoms with Gasteiger partial charge >= 0.3 is 5.97 Å². The van der Waals surface area contributed by atoms with Crippen LogP contribution in [0.5, 0.6) is 0 Å². The molecule has 3 aromatic carbocycles. The first-order chi connectivity index (χ1) is 19.0. The van der Waals surface area contributed by atoms with Crippen LogP contribution < -0.4 is 5.32 Å². The fraction of sp³-hybridized carbons (Fsp3) is 0.226. The monoisotopic (exact) mass is 536 g/mol. The van der Waals surface area contributed by atoms with Crippen molar-refractivity contribution in [2.75, 3.05) is 18.5 Å². The largest absolute Gasteiger partial charge is 0.452 e. The second-order valence-corrected chi connectivity index (χ2v) is 10.8. The molecule has 3 heterocycles. The van der Waals surface area contributed by atoms with Gasteiger partial charge in [0.25, 0.3) is 5.91 Å². The number of carbonyl (C=O) groups is 2. The number of nitrogens with one attached hydrogen (secondary N) is 1. The van der Waals surface area contributed by atoms with Gasteiger partial charge in [-0.15, -0.1) is 11.3 Å². The molecule has 0 bridgehead atoms. The highest BCUT2D eigenvalue weighted by Crippen LogP contribution is 2.30. The molecule has 0 atom stereocenters. The van der Waals surface area contributed by atoms with Crippen LogP contribution >= 0.6 is 11.3 Å². The molecule has 1 aliphatic heterocycles. The predicted octanol–water partition coefficient (Wildman–Crippen LogP) is 6.07. The van der Waals surface area contributed by atoms with Crippen molar-refractivity contribution in [3.63, 3.8) is 0 Å². The van der Waals surface area contributed by atoms with Crippen LogP contribution in [-0.4, -0.2) is 45.9 Å². The van der Waals surface area contributed by atoms with E-state index >= 15 is 0 Å². The zero-order valence-corrected chi connectivity index (χ0v) is 22.6. The molecule has 1 amide bonds. The topological polar surface area (TPSA) is 84.4 Å². The van der Waals surface area contributed by atoms with Crippen molar-refractivity contribution < 1.29 is 14.3 Å².